The van der Waals surface area contributed by atoms with Crippen molar-refractivity contribution < 1.29 is 54.8 Å². The quantitative estimate of drug-likeness (QED) is 0.0732. The summed E-state index contributed by atoms with van der Waals surface area (Å²) in [5.74, 6) is -4.28. The van der Waals surface area contributed by atoms with Crippen LogP contribution in [-0.4, -0.2) is 55.2 Å². The van der Waals surface area contributed by atoms with E-state index in [1.54, 1.807) is 24.3 Å². The molecule has 3 aliphatic heterocycles. The molecule has 4 aromatic rings. The number of carboxylic acids is 1. The highest BCUT2D eigenvalue weighted by Gasteiger charge is 2.63. The first-order valence-corrected chi connectivity index (χ1v) is 27.0. The molecule has 67 heavy (non-hydrogen) atoms. The highest BCUT2D eigenvalue weighted by molar-refractivity contribution is 9.13. The van der Waals surface area contributed by atoms with Gasteiger partial charge >= 0.3 is 11.9 Å². The van der Waals surface area contributed by atoms with Gasteiger partial charge in [0.2, 0.25) is 0 Å². The van der Waals surface area contributed by atoms with Gasteiger partial charge in [0.1, 0.15) is 55.7 Å². The van der Waals surface area contributed by atoms with Crippen molar-refractivity contribution >= 4 is 232 Å². The number of aliphatic hydroxyl groups excluding tert-OH is 2. The standard InChI is InChI=1S/C20H6Br4Cl4O5.C20H8Br4Cl4O5.H2O/c21-5-1-3-17(9(23)15(5)29)32-18-4(2-6(22)16(30)10(18)24)20(3)8-7(19(31)33-20)11(25)13(27)14(28)12(8)26;21-5-1-3-7(8-9(20(31)32)13(26)15(28)14(27)12(8)25)4-2-6(22)17(30)11(24)19(4)33-18(3)10(23)16(5)29;/h1-3,17,29-30H;1-3,7,18,29-30H,(H,31,32);1H2. The second kappa shape index (κ2) is 19.9. The monoisotopic (exact) mass is 1580 g/mol. The molecule has 0 saturated carbocycles. The fourth-order valence-electron chi connectivity index (χ4n) is 8.27. The summed E-state index contributed by atoms with van der Waals surface area (Å²) in [6.07, 6.45) is 1.66. The molecular weight excluding hydrogens is 1580 g/mol. The van der Waals surface area contributed by atoms with Crippen LogP contribution < -0.4 is 9.47 Å². The van der Waals surface area contributed by atoms with Gasteiger partial charge < -0.3 is 45.2 Å². The Labute approximate surface area is 484 Å². The van der Waals surface area contributed by atoms with Gasteiger partial charge in [0, 0.05) is 28.5 Å². The van der Waals surface area contributed by atoms with E-state index in [4.69, 9.17) is 107 Å². The molecule has 0 radical (unpaired) electrons. The van der Waals surface area contributed by atoms with E-state index in [0.29, 0.717) is 33.5 Å². The first kappa shape index (κ1) is 54.5. The average Bonchev–Trinajstić information content (AvgIpc) is 3.58. The largest absolute Gasteiger partial charge is 0.506 e. The zero-order valence-electron chi connectivity index (χ0n) is 31.5. The predicted molar refractivity (Wildman–Crippen MR) is 286 cm³/mol. The first-order valence-electron chi connectivity index (χ1n) is 17.7. The number of aliphatic hydroxyl groups is 2. The molecular formula is C40H16Br8Cl8O11. The summed E-state index contributed by atoms with van der Waals surface area (Å²) in [4.78, 5) is 25.6. The number of fused-ring (bicyclic) bond motifs is 8. The molecule has 0 aromatic heterocycles. The van der Waals surface area contributed by atoms with Crippen molar-refractivity contribution in [3.63, 3.8) is 0 Å². The van der Waals surface area contributed by atoms with Crippen LogP contribution in [0.3, 0.4) is 0 Å². The number of aromatic carboxylic acids is 1. The summed E-state index contributed by atoms with van der Waals surface area (Å²) in [7, 11) is 0. The maximum absolute atomic E-state index is 13.2. The summed E-state index contributed by atoms with van der Waals surface area (Å²) in [6, 6.07) is 3.16. The summed E-state index contributed by atoms with van der Waals surface area (Å²) < 4.78 is 20.8. The van der Waals surface area contributed by atoms with Crippen LogP contribution in [-0.2, 0) is 10.3 Å². The number of hydrogen-bond donors (Lipinski definition) is 5. The van der Waals surface area contributed by atoms with Crippen molar-refractivity contribution in [1.29, 1.82) is 0 Å². The molecule has 4 aromatic carbocycles. The summed E-state index contributed by atoms with van der Waals surface area (Å²) in [5, 5.41) is 51.2. The van der Waals surface area contributed by atoms with Gasteiger partial charge in [0.05, 0.1) is 84.1 Å². The lowest BCUT2D eigenvalue weighted by molar-refractivity contribution is -0.0434. The minimum absolute atomic E-state index is 0. The summed E-state index contributed by atoms with van der Waals surface area (Å²) >= 11 is 78.0. The lowest BCUT2D eigenvalue weighted by atomic mass is 9.70. The van der Waals surface area contributed by atoms with Gasteiger partial charge in [-0.25, -0.2) is 9.59 Å². The molecule has 0 fully saturated rings. The third kappa shape index (κ3) is 8.35. The van der Waals surface area contributed by atoms with Crippen molar-refractivity contribution in [1.82, 2.24) is 0 Å². The third-order valence-electron chi connectivity index (χ3n) is 11.1. The molecule has 0 saturated heterocycles. The van der Waals surface area contributed by atoms with Crippen molar-refractivity contribution in [2.75, 3.05) is 0 Å². The van der Waals surface area contributed by atoms with Crippen LogP contribution in [0.1, 0.15) is 48.9 Å². The smallest absolute Gasteiger partial charge is 0.341 e. The Hall–Kier alpha value is -0.300. The zero-order chi connectivity index (χ0) is 48.7. The number of halogens is 16. The fourth-order valence-corrected chi connectivity index (χ4v) is 15.6. The lowest BCUT2D eigenvalue weighted by Crippen LogP contribution is -2.50. The van der Waals surface area contributed by atoms with E-state index in [1.165, 1.54) is 0 Å². The first-order chi connectivity index (χ1) is 30.8. The van der Waals surface area contributed by atoms with Crippen LogP contribution in [0.25, 0.3) is 0 Å². The van der Waals surface area contributed by atoms with Crippen molar-refractivity contribution in [2.45, 2.75) is 23.7 Å². The molecule has 0 amide bonds. The second-order valence-corrected chi connectivity index (χ2v) is 24.1. The molecule has 11 nitrogen and oxygen atoms in total. The number of carbonyl (C=O) groups is 2. The van der Waals surface area contributed by atoms with Crippen molar-refractivity contribution in [3.8, 4) is 23.0 Å². The van der Waals surface area contributed by atoms with Gasteiger partial charge in [-0.3, -0.25) is 0 Å². The maximum atomic E-state index is 13.2. The number of carbonyl (C=O) groups excluding carboxylic acids is 1. The van der Waals surface area contributed by atoms with Crippen LogP contribution in [0.5, 0.6) is 23.0 Å². The molecule has 7 N–H and O–H groups in total. The highest BCUT2D eigenvalue weighted by Crippen LogP contribution is 2.65. The van der Waals surface area contributed by atoms with E-state index < -0.39 is 47.5 Å². The van der Waals surface area contributed by atoms with E-state index in [0.717, 1.165) is 0 Å². The van der Waals surface area contributed by atoms with E-state index in [1.807, 2.05) is 0 Å². The molecule has 0 bridgehead atoms. The maximum Gasteiger partial charge on any atom is 0.341 e. The number of hydrogen-bond acceptors (Lipinski definition) is 9. The fraction of sp³-hybridized carbons (Fsp3) is 0.150. The molecule has 6 atom stereocenters. The lowest BCUT2D eigenvalue weighted by Gasteiger charge is -2.46. The van der Waals surface area contributed by atoms with Gasteiger partial charge in [-0.15, -0.1) is 0 Å². The van der Waals surface area contributed by atoms with Gasteiger partial charge in [-0.1, -0.05) is 105 Å². The number of esters is 1. The second-order valence-electron chi connectivity index (χ2n) is 14.4. The SMILES string of the molecule is O.O=C(O)c1c(Cl)c(Cl)c(Cl)c(Cl)c1C1c2cc(Br)c(O)c(Br)c2OC2C(Br)=C(O)C(Br)=CC21.O=C1OC2(c3cc(Br)c(O)c(Br)c3OC3C(Br)=C(O)C(Br)=CC32)c2c(Cl)c(Cl)c(Cl)c(Cl)c21. The topological polar surface area (TPSA) is 194 Å². The molecule has 3 heterocycles. The van der Waals surface area contributed by atoms with Crippen LogP contribution in [0.2, 0.25) is 40.2 Å². The van der Waals surface area contributed by atoms with Gasteiger partial charge in [0.25, 0.3) is 0 Å². The molecule has 27 heteroatoms. The van der Waals surface area contributed by atoms with E-state index in [2.05, 4.69) is 127 Å². The number of phenols is 2. The number of phenolic OH excluding ortho intramolecular Hbond substituents is 2. The number of rotatable bonds is 2. The number of aromatic hydroxyl groups is 2. The Morgan fingerprint density at radius 2 is 1.12 bits per heavy atom. The minimum atomic E-state index is -1.60. The minimum Gasteiger partial charge on any atom is -0.506 e. The molecule has 1 spiro atoms. The molecule has 2 aliphatic carbocycles. The average molecular weight is 1600 g/mol. The van der Waals surface area contributed by atoms with Gasteiger partial charge in [-0.05, 0) is 145 Å². The van der Waals surface area contributed by atoms with E-state index in [-0.39, 0.29) is 116 Å². The summed E-state index contributed by atoms with van der Waals surface area (Å²) in [5.41, 5.74) is -0.764. The predicted octanol–water partition coefficient (Wildman–Crippen LogP) is 17.1. The number of carboxylic acid groups (broad SMARTS) is 1. The van der Waals surface area contributed by atoms with E-state index in [9.17, 15) is 35.1 Å². The van der Waals surface area contributed by atoms with Crippen LogP contribution >= 0.6 is 220 Å². The van der Waals surface area contributed by atoms with Crippen LogP contribution in [0.15, 0.2) is 71.6 Å². The number of ether oxygens (including phenoxy) is 3. The van der Waals surface area contributed by atoms with Crippen molar-refractivity contribution in [2.24, 2.45) is 11.8 Å². The number of benzene rings is 4. The van der Waals surface area contributed by atoms with Crippen LogP contribution in [0, 0.1) is 11.8 Å². The Morgan fingerprint density at radius 1 is 0.627 bits per heavy atom. The highest BCUT2D eigenvalue weighted by atomic mass is 79.9. The Kier molecular flexibility index (Phi) is 16.1. The number of allylic oxidation sites excluding steroid dienone is 2. The third-order valence-corrected chi connectivity index (χ3v) is 20.3. The Bertz CT molecular complexity index is 3080. The van der Waals surface area contributed by atoms with Crippen molar-refractivity contribution in [3.05, 3.63) is 145 Å². The molecule has 6 unspecified atom stereocenters. The zero-order valence-corrected chi connectivity index (χ0v) is 50.3. The molecule has 354 valence electrons. The van der Waals surface area contributed by atoms with Crippen LogP contribution in [0.4, 0.5) is 0 Å². The van der Waals surface area contributed by atoms with E-state index >= 15 is 0 Å². The van der Waals surface area contributed by atoms with Gasteiger partial charge in [0.15, 0.2) is 5.60 Å². The normalized spacial score (nSPS) is 23.2. The van der Waals surface area contributed by atoms with Gasteiger partial charge in [-0.2, -0.15) is 0 Å². The summed E-state index contributed by atoms with van der Waals surface area (Å²) in [6.45, 7) is 0. The Balaban J connectivity index is 0.000000196. The molecule has 9 rings (SSSR count). The Morgan fingerprint density at radius 3 is 1.72 bits per heavy atom. The molecule has 5 aliphatic rings.